The van der Waals surface area contributed by atoms with Crippen molar-refractivity contribution in [2.75, 3.05) is 0 Å². The molecule has 0 heterocycles. The van der Waals surface area contributed by atoms with Crippen LogP contribution in [0.5, 0.6) is 0 Å². The first-order valence-electron chi connectivity index (χ1n) is 6.65. The molecule has 1 saturated carbocycles. The van der Waals surface area contributed by atoms with Crippen molar-refractivity contribution in [1.82, 2.24) is 0 Å². The highest BCUT2D eigenvalue weighted by atomic mass is 19.3. The molecule has 0 saturated heterocycles. The molecule has 1 nitrogen and oxygen atoms in total. The van der Waals surface area contributed by atoms with E-state index in [1.807, 2.05) is 18.2 Å². The fourth-order valence-electron chi connectivity index (χ4n) is 2.82. The summed E-state index contributed by atoms with van der Waals surface area (Å²) in [6.45, 7) is 0.957. The molecule has 0 bridgehead atoms. The van der Waals surface area contributed by atoms with E-state index in [1.165, 1.54) is 6.42 Å². The van der Waals surface area contributed by atoms with E-state index >= 15 is 0 Å². The van der Waals surface area contributed by atoms with Gasteiger partial charge in [-0.2, -0.15) is 0 Å². The number of nitrogens with two attached hydrogens (primary N) is 1. The molecule has 0 aromatic heterocycles. The molecule has 0 radical (unpaired) electrons. The summed E-state index contributed by atoms with van der Waals surface area (Å²) in [6.07, 6.45) is 5.19. The first-order valence-corrected chi connectivity index (χ1v) is 6.65. The third-order valence-corrected chi connectivity index (χ3v) is 3.76. The molecule has 18 heavy (non-hydrogen) atoms. The predicted octanol–water partition coefficient (Wildman–Crippen LogP) is 4.00. The molecular formula is C15H21F2N. The van der Waals surface area contributed by atoms with Crippen molar-refractivity contribution in [3.8, 4) is 0 Å². The Morgan fingerprint density at radius 3 is 2.50 bits per heavy atom. The molecule has 0 atom stereocenters. The molecule has 2 rings (SSSR count). The second-order valence-electron chi connectivity index (χ2n) is 5.66. The molecule has 0 aliphatic heterocycles. The fraction of sp³-hybridized carbons (Fsp3) is 0.600. The summed E-state index contributed by atoms with van der Waals surface area (Å²) in [7, 11) is 0. The second kappa shape index (κ2) is 4.96. The Labute approximate surface area is 107 Å². The minimum atomic E-state index is -2.66. The van der Waals surface area contributed by atoms with Crippen molar-refractivity contribution in [3.63, 3.8) is 0 Å². The molecule has 1 aliphatic rings. The maximum absolute atomic E-state index is 13.0. The van der Waals surface area contributed by atoms with Crippen LogP contribution in [-0.4, -0.2) is 5.92 Å². The average Bonchev–Trinajstić information content (AvgIpc) is 2.28. The van der Waals surface area contributed by atoms with Crippen molar-refractivity contribution in [2.45, 2.75) is 56.9 Å². The minimum Gasteiger partial charge on any atom is -0.321 e. The highest BCUT2D eigenvalue weighted by Gasteiger charge is 2.30. The largest absolute Gasteiger partial charge is 0.321 e. The first-order chi connectivity index (χ1) is 8.39. The van der Waals surface area contributed by atoms with Gasteiger partial charge in [-0.05, 0) is 30.9 Å². The van der Waals surface area contributed by atoms with E-state index in [1.54, 1.807) is 6.07 Å². The zero-order valence-electron chi connectivity index (χ0n) is 10.9. The Hall–Kier alpha value is -0.960. The van der Waals surface area contributed by atoms with Crippen LogP contribution in [0.15, 0.2) is 24.3 Å². The van der Waals surface area contributed by atoms with E-state index < -0.39 is 5.92 Å². The summed E-state index contributed by atoms with van der Waals surface area (Å²) >= 11 is 0. The van der Waals surface area contributed by atoms with Crippen LogP contribution >= 0.6 is 0 Å². The SMILES string of the molecule is CC(F)(F)Cc1cccc(C2(N)CCCCC2)c1. The first kappa shape index (κ1) is 13.5. The van der Waals surface area contributed by atoms with Gasteiger partial charge in [0.2, 0.25) is 5.92 Å². The summed E-state index contributed by atoms with van der Waals surface area (Å²) < 4.78 is 26.1. The van der Waals surface area contributed by atoms with Gasteiger partial charge in [0.25, 0.3) is 0 Å². The van der Waals surface area contributed by atoms with Gasteiger partial charge in [-0.25, -0.2) is 8.78 Å². The normalized spacial score (nSPS) is 19.8. The molecule has 100 valence electrons. The summed E-state index contributed by atoms with van der Waals surface area (Å²) in [5, 5.41) is 0. The molecular weight excluding hydrogens is 232 g/mol. The number of halogens is 2. The van der Waals surface area contributed by atoms with E-state index in [-0.39, 0.29) is 12.0 Å². The Bertz CT molecular complexity index is 403. The number of hydrogen-bond donors (Lipinski definition) is 1. The molecule has 1 fully saturated rings. The van der Waals surface area contributed by atoms with Crippen molar-refractivity contribution < 1.29 is 8.78 Å². The van der Waals surface area contributed by atoms with Crippen LogP contribution in [0.25, 0.3) is 0 Å². The molecule has 2 N–H and O–H groups in total. The minimum absolute atomic E-state index is 0.211. The van der Waals surface area contributed by atoms with Gasteiger partial charge in [0, 0.05) is 12.0 Å². The van der Waals surface area contributed by atoms with Crippen LogP contribution in [-0.2, 0) is 12.0 Å². The molecule has 0 amide bonds. The smallest absolute Gasteiger partial charge is 0.249 e. The van der Waals surface area contributed by atoms with Gasteiger partial charge < -0.3 is 5.73 Å². The molecule has 3 heteroatoms. The Morgan fingerprint density at radius 1 is 1.22 bits per heavy atom. The van der Waals surface area contributed by atoms with Gasteiger partial charge in [-0.1, -0.05) is 43.5 Å². The van der Waals surface area contributed by atoms with Crippen molar-refractivity contribution >= 4 is 0 Å². The van der Waals surface area contributed by atoms with Gasteiger partial charge in [-0.15, -0.1) is 0 Å². The Kier molecular flexibility index (Phi) is 3.71. The van der Waals surface area contributed by atoms with E-state index in [4.69, 9.17) is 5.73 Å². The van der Waals surface area contributed by atoms with Gasteiger partial charge in [0.05, 0.1) is 0 Å². The molecule has 1 aliphatic carbocycles. The number of benzene rings is 1. The number of rotatable bonds is 3. The summed E-state index contributed by atoms with van der Waals surface area (Å²) in [5.41, 5.74) is 7.81. The lowest BCUT2D eigenvalue weighted by Crippen LogP contribution is -2.38. The van der Waals surface area contributed by atoms with E-state index in [0.29, 0.717) is 5.56 Å². The van der Waals surface area contributed by atoms with Crippen molar-refractivity contribution in [1.29, 1.82) is 0 Å². The second-order valence-corrected chi connectivity index (χ2v) is 5.66. The third kappa shape index (κ3) is 3.29. The van der Waals surface area contributed by atoms with Crippen LogP contribution in [0.1, 0.15) is 50.2 Å². The molecule has 1 aromatic carbocycles. The van der Waals surface area contributed by atoms with Crippen molar-refractivity contribution in [2.24, 2.45) is 5.73 Å². The van der Waals surface area contributed by atoms with Gasteiger partial charge in [-0.3, -0.25) is 0 Å². The lowest BCUT2D eigenvalue weighted by Gasteiger charge is -2.34. The zero-order valence-corrected chi connectivity index (χ0v) is 10.9. The van der Waals surface area contributed by atoms with Crippen LogP contribution in [0.4, 0.5) is 8.78 Å². The zero-order chi connectivity index (χ0) is 13.2. The standard InChI is InChI=1S/C15H21F2N/c1-14(16,17)11-12-6-5-7-13(10-12)15(18)8-3-2-4-9-15/h5-7,10H,2-4,8-9,11,18H2,1H3. The van der Waals surface area contributed by atoms with Crippen LogP contribution in [0.3, 0.4) is 0 Å². The molecule has 0 spiro atoms. The van der Waals surface area contributed by atoms with Crippen LogP contribution in [0, 0.1) is 0 Å². The molecule has 1 aromatic rings. The third-order valence-electron chi connectivity index (χ3n) is 3.76. The number of hydrogen-bond acceptors (Lipinski definition) is 1. The van der Waals surface area contributed by atoms with Gasteiger partial charge in [0.1, 0.15) is 0 Å². The fourth-order valence-corrected chi connectivity index (χ4v) is 2.82. The summed E-state index contributed by atoms with van der Waals surface area (Å²) in [6, 6.07) is 7.44. The highest BCUT2D eigenvalue weighted by Crippen LogP contribution is 2.35. The Balaban J connectivity index is 2.21. The summed E-state index contributed by atoms with van der Waals surface area (Å²) in [5.74, 6) is -2.66. The average molecular weight is 253 g/mol. The quantitative estimate of drug-likeness (QED) is 0.865. The highest BCUT2D eigenvalue weighted by molar-refractivity contribution is 5.30. The van der Waals surface area contributed by atoms with E-state index in [0.717, 1.165) is 38.2 Å². The topological polar surface area (TPSA) is 26.0 Å². The monoisotopic (exact) mass is 253 g/mol. The lowest BCUT2D eigenvalue weighted by molar-refractivity contribution is 0.0226. The Morgan fingerprint density at radius 2 is 1.89 bits per heavy atom. The van der Waals surface area contributed by atoms with Gasteiger partial charge in [0.15, 0.2) is 0 Å². The van der Waals surface area contributed by atoms with E-state index in [2.05, 4.69) is 0 Å². The van der Waals surface area contributed by atoms with Crippen molar-refractivity contribution in [3.05, 3.63) is 35.4 Å². The molecule has 0 unspecified atom stereocenters. The maximum atomic E-state index is 13.0. The lowest BCUT2D eigenvalue weighted by atomic mass is 9.77. The van der Waals surface area contributed by atoms with E-state index in [9.17, 15) is 8.78 Å². The van der Waals surface area contributed by atoms with Crippen LogP contribution in [0.2, 0.25) is 0 Å². The van der Waals surface area contributed by atoms with Crippen LogP contribution < -0.4 is 5.73 Å². The number of alkyl halides is 2. The predicted molar refractivity (Wildman–Crippen MR) is 69.7 cm³/mol. The summed E-state index contributed by atoms with van der Waals surface area (Å²) in [4.78, 5) is 0. The van der Waals surface area contributed by atoms with Gasteiger partial charge >= 0.3 is 0 Å². The maximum Gasteiger partial charge on any atom is 0.249 e.